The van der Waals surface area contributed by atoms with E-state index in [2.05, 4.69) is 35.2 Å². The third-order valence-electron chi connectivity index (χ3n) is 5.56. The number of carbonyl (C=O) groups excluding carboxylic acids is 1. The molecule has 0 aromatic heterocycles. The van der Waals surface area contributed by atoms with E-state index < -0.39 is 17.7 Å². The Morgan fingerprint density at radius 3 is 2.68 bits per heavy atom. The van der Waals surface area contributed by atoms with Crippen LogP contribution >= 0.6 is 11.6 Å². The molecule has 0 fully saturated rings. The molecule has 0 bridgehead atoms. The minimum atomic E-state index is -1.04. The zero-order valence-corrected chi connectivity index (χ0v) is 20.8. The lowest BCUT2D eigenvalue weighted by molar-refractivity contribution is -0.131. The Morgan fingerprint density at radius 2 is 1.94 bits per heavy atom. The average Bonchev–Trinajstić information content (AvgIpc) is 2.90. The smallest absolute Gasteiger partial charge is 0.410 e. The molecule has 34 heavy (non-hydrogen) atoms. The van der Waals surface area contributed by atoms with Gasteiger partial charge in [0.1, 0.15) is 5.60 Å². The van der Waals surface area contributed by atoms with Crippen LogP contribution in [0.15, 0.2) is 70.9 Å². The molecule has 1 heterocycles. The average molecular weight is 485 g/mol. The van der Waals surface area contributed by atoms with Gasteiger partial charge in [-0.15, -0.1) is 0 Å². The Labute approximate surface area is 206 Å². The van der Waals surface area contributed by atoms with Gasteiger partial charge in [-0.3, -0.25) is 0 Å². The van der Waals surface area contributed by atoms with Crippen LogP contribution in [0.3, 0.4) is 0 Å². The molecule has 1 aromatic rings. The predicted molar refractivity (Wildman–Crippen MR) is 136 cm³/mol. The summed E-state index contributed by atoms with van der Waals surface area (Å²) in [6.07, 6.45) is 11.7. The second-order valence-corrected chi connectivity index (χ2v) is 9.85. The van der Waals surface area contributed by atoms with E-state index in [0.29, 0.717) is 6.54 Å². The molecule has 0 unspecified atom stereocenters. The summed E-state index contributed by atoms with van der Waals surface area (Å²) >= 11 is 6.37. The minimum absolute atomic E-state index is 0.187. The summed E-state index contributed by atoms with van der Waals surface area (Å²) in [5.41, 5.74) is 4.24. The molecule has 7 heteroatoms. The SMILES string of the molecule is CC(C)(C)OC(=O)N(C/C=C/C(=O)O)CCCCN1C2=CC(Cl)=CCC2=CCc2ccccc21. The van der Waals surface area contributed by atoms with Gasteiger partial charge in [0.05, 0.1) is 0 Å². The van der Waals surface area contributed by atoms with Gasteiger partial charge in [-0.2, -0.15) is 0 Å². The molecule has 0 atom stereocenters. The number of carboxylic acids is 1. The maximum absolute atomic E-state index is 12.6. The fourth-order valence-electron chi connectivity index (χ4n) is 4.02. The van der Waals surface area contributed by atoms with Gasteiger partial charge in [0.2, 0.25) is 0 Å². The molecule has 3 rings (SSSR count). The molecule has 6 nitrogen and oxygen atoms in total. The number of ether oxygens (including phenoxy) is 1. The number of hydrogen-bond acceptors (Lipinski definition) is 4. The van der Waals surface area contributed by atoms with E-state index in [0.717, 1.165) is 49.0 Å². The Hall–Kier alpha value is -2.99. The van der Waals surface area contributed by atoms with Crippen molar-refractivity contribution in [3.8, 4) is 0 Å². The first kappa shape index (κ1) is 25.6. The van der Waals surface area contributed by atoms with Crippen molar-refractivity contribution in [2.24, 2.45) is 0 Å². The number of aliphatic carboxylic acids is 1. The first-order chi connectivity index (χ1) is 16.1. The number of carboxylic acid groups (broad SMARTS) is 1. The molecule has 0 saturated heterocycles. The monoisotopic (exact) mass is 484 g/mol. The number of unbranched alkanes of at least 4 members (excludes halogenated alkanes) is 1. The van der Waals surface area contributed by atoms with E-state index in [1.54, 1.807) is 4.90 Å². The first-order valence-corrected chi connectivity index (χ1v) is 12.0. The number of allylic oxidation sites excluding steroid dienone is 5. The molecule has 0 radical (unpaired) electrons. The highest BCUT2D eigenvalue weighted by Gasteiger charge is 2.24. The molecule has 1 amide bonds. The molecule has 1 aliphatic heterocycles. The Balaban J connectivity index is 1.69. The Morgan fingerprint density at radius 1 is 1.18 bits per heavy atom. The van der Waals surface area contributed by atoms with Crippen LogP contribution in [-0.4, -0.2) is 47.3 Å². The normalized spacial score (nSPS) is 15.5. The largest absolute Gasteiger partial charge is 0.478 e. The number of rotatable bonds is 8. The molecule has 1 N–H and O–H groups in total. The highest BCUT2D eigenvalue weighted by Crippen LogP contribution is 2.36. The maximum atomic E-state index is 12.6. The first-order valence-electron chi connectivity index (χ1n) is 11.6. The lowest BCUT2D eigenvalue weighted by atomic mass is 10.0. The topological polar surface area (TPSA) is 70.1 Å². The number of hydrogen-bond donors (Lipinski definition) is 1. The molecule has 182 valence electrons. The van der Waals surface area contributed by atoms with Gasteiger partial charge in [-0.1, -0.05) is 48.0 Å². The van der Waals surface area contributed by atoms with Crippen LogP contribution in [0.4, 0.5) is 10.5 Å². The van der Waals surface area contributed by atoms with Gasteiger partial charge in [0.25, 0.3) is 0 Å². The van der Waals surface area contributed by atoms with Crippen LogP contribution in [0, 0.1) is 0 Å². The highest BCUT2D eigenvalue weighted by molar-refractivity contribution is 6.31. The number of nitrogens with zero attached hydrogens (tertiary/aromatic N) is 2. The standard InChI is InChI=1S/C27H33ClN2O4/c1-27(2,3)34-26(33)29(17-8-11-25(31)32)16-6-7-18-30-23-10-5-4-9-20(23)12-13-21-14-15-22(28)19-24(21)30/h4-5,8-11,13,15,19H,6-7,12,14,16-18H2,1-3H3,(H,31,32)/b11-8+. The number of fused-ring (bicyclic) bond motifs is 2. The number of carbonyl (C=O) groups is 2. The van der Waals surface area contributed by atoms with Crippen molar-refractivity contribution < 1.29 is 19.4 Å². The summed E-state index contributed by atoms with van der Waals surface area (Å²) in [4.78, 5) is 27.3. The van der Waals surface area contributed by atoms with Crippen molar-refractivity contribution in [2.75, 3.05) is 24.5 Å². The van der Waals surface area contributed by atoms with Crippen molar-refractivity contribution in [3.63, 3.8) is 0 Å². The summed E-state index contributed by atoms with van der Waals surface area (Å²) in [5, 5.41) is 9.62. The summed E-state index contributed by atoms with van der Waals surface area (Å²) in [7, 11) is 0. The third-order valence-corrected chi connectivity index (χ3v) is 5.82. The van der Waals surface area contributed by atoms with Crippen molar-refractivity contribution >= 4 is 29.4 Å². The molecular formula is C27H33ClN2O4. The summed E-state index contributed by atoms with van der Waals surface area (Å²) < 4.78 is 5.51. The molecule has 1 aromatic carbocycles. The van der Waals surface area contributed by atoms with Gasteiger partial charge in [0, 0.05) is 42.1 Å². The lowest BCUT2D eigenvalue weighted by Crippen LogP contribution is -2.38. The van der Waals surface area contributed by atoms with Gasteiger partial charge in [-0.05, 0) is 69.7 Å². The Bertz CT molecular complexity index is 1030. The molecule has 2 aliphatic rings. The van der Waals surface area contributed by atoms with Crippen LogP contribution < -0.4 is 4.90 Å². The summed E-state index contributed by atoms with van der Waals surface area (Å²) in [6, 6.07) is 8.42. The second kappa shape index (κ2) is 11.4. The lowest BCUT2D eigenvalue weighted by Gasteiger charge is -2.31. The van der Waals surface area contributed by atoms with Crippen LogP contribution in [0.25, 0.3) is 0 Å². The Kier molecular flexibility index (Phi) is 8.61. The quantitative estimate of drug-likeness (QED) is 0.359. The molecular weight excluding hydrogens is 452 g/mol. The fourth-order valence-corrected chi connectivity index (χ4v) is 4.20. The fraction of sp³-hybridized carbons (Fsp3) is 0.407. The molecule has 1 aliphatic carbocycles. The van der Waals surface area contributed by atoms with Crippen LogP contribution in [-0.2, 0) is 16.0 Å². The molecule has 0 saturated carbocycles. The number of halogens is 1. The van der Waals surface area contributed by atoms with E-state index in [1.807, 2.05) is 32.9 Å². The van der Waals surface area contributed by atoms with Gasteiger partial charge in [-0.25, -0.2) is 9.59 Å². The second-order valence-electron chi connectivity index (χ2n) is 9.41. The van der Waals surface area contributed by atoms with Gasteiger partial charge < -0.3 is 19.6 Å². The van der Waals surface area contributed by atoms with Gasteiger partial charge >= 0.3 is 12.1 Å². The number of amides is 1. The van der Waals surface area contributed by atoms with Crippen LogP contribution in [0.1, 0.15) is 45.6 Å². The van der Waals surface area contributed by atoms with Crippen molar-refractivity contribution in [1.82, 2.24) is 4.90 Å². The van der Waals surface area contributed by atoms with E-state index in [1.165, 1.54) is 22.9 Å². The maximum Gasteiger partial charge on any atom is 0.410 e. The zero-order chi connectivity index (χ0) is 24.7. The van der Waals surface area contributed by atoms with Crippen molar-refractivity contribution in [3.05, 3.63) is 76.5 Å². The van der Waals surface area contributed by atoms with E-state index in [4.69, 9.17) is 21.4 Å². The van der Waals surface area contributed by atoms with E-state index >= 15 is 0 Å². The van der Waals surface area contributed by atoms with Crippen LogP contribution in [0.5, 0.6) is 0 Å². The van der Waals surface area contributed by atoms with Crippen molar-refractivity contribution in [1.29, 1.82) is 0 Å². The third kappa shape index (κ3) is 7.26. The highest BCUT2D eigenvalue weighted by atomic mass is 35.5. The summed E-state index contributed by atoms with van der Waals surface area (Å²) in [5.74, 6) is -1.04. The number of para-hydroxylation sites is 1. The van der Waals surface area contributed by atoms with E-state index in [-0.39, 0.29) is 6.54 Å². The molecule has 0 spiro atoms. The number of benzene rings is 1. The summed E-state index contributed by atoms with van der Waals surface area (Å²) in [6.45, 7) is 6.88. The predicted octanol–water partition coefficient (Wildman–Crippen LogP) is 6.04. The zero-order valence-electron chi connectivity index (χ0n) is 20.1. The van der Waals surface area contributed by atoms with Gasteiger partial charge in [0.15, 0.2) is 0 Å². The minimum Gasteiger partial charge on any atom is -0.478 e. The van der Waals surface area contributed by atoms with E-state index in [9.17, 15) is 9.59 Å². The van der Waals surface area contributed by atoms with Crippen LogP contribution in [0.2, 0.25) is 0 Å². The van der Waals surface area contributed by atoms with Crippen molar-refractivity contribution in [2.45, 2.75) is 52.1 Å². The number of anilines is 1.